The zero-order valence-electron chi connectivity index (χ0n) is 13.3. The van der Waals surface area contributed by atoms with E-state index >= 15 is 0 Å². The minimum atomic E-state index is -0.325. The normalized spacial score (nSPS) is 15.7. The van der Waals surface area contributed by atoms with E-state index in [1.165, 1.54) is 36.4 Å². The maximum Gasteiger partial charge on any atom is 0.263 e. The summed E-state index contributed by atoms with van der Waals surface area (Å²) in [4.78, 5) is 19.2. The lowest BCUT2D eigenvalue weighted by molar-refractivity contribution is 0.0943. The number of carbonyl (C=O) groups excluding carboxylic acids is 1. The van der Waals surface area contributed by atoms with Gasteiger partial charge in [0.2, 0.25) is 0 Å². The van der Waals surface area contributed by atoms with Crippen LogP contribution in [0.3, 0.4) is 0 Å². The molecule has 0 spiro atoms. The van der Waals surface area contributed by atoms with E-state index in [4.69, 9.17) is 0 Å². The van der Waals surface area contributed by atoms with Crippen LogP contribution in [0.25, 0.3) is 10.6 Å². The van der Waals surface area contributed by atoms with Crippen molar-refractivity contribution >= 4 is 17.2 Å². The van der Waals surface area contributed by atoms with E-state index < -0.39 is 0 Å². The highest BCUT2D eigenvalue weighted by molar-refractivity contribution is 7.16. The molecule has 1 aliphatic rings. The quantitative estimate of drug-likeness (QED) is 0.883. The van der Waals surface area contributed by atoms with E-state index in [9.17, 15) is 9.18 Å². The van der Waals surface area contributed by atoms with Crippen molar-refractivity contribution in [3.63, 3.8) is 0 Å². The lowest BCUT2D eigenvalue weighted by Gasteiger charge is -2.24. The lowest BCUT2D eigenvalue weighted by atomic mass is 10.2. The number of thiazole rings is 1. The molecule has 1 saturated carbocycles. The first kappa shape index (κ1) is 16.1. The Balaban J connectivity index is 1.61. The Morgan fingerprint density at radius 3 is 2.91 bits per heavy atom. The third-order valence-electron chi connectivity index (χ3n) is 4.21. The van der Waals surface area contributed by atoms with Gasteiger partial charge in [0.05, 0.1) is 6.20 Å². The molecule has 1 unspecified atom stereocenters. The van der Waals surface area contributed by atoms with Crippen LogP contribution in [0.1, 0.15) is 29.4 Å². The predicted octanol–water partition coefficient (Wildman–Crippen LogP) is 3.16. The zero-order valence-corrected chi connectivity index (χ0v) is 14.1. The van der Waals surface area contributed by atoms with Gasteiger partial charge in [-0.1, -0.05) is 12.1 Å². The fraction of sp³-hybridized carbons (Fsp3) is 0.412. The fourth-order valence-electron chi connectivity index (χ4n) is 2.45. The van der Waals surface area contributed by atoms with Gasteiger partial charge in [-0.15, -0.1) is 11.3 Å². The van der Waals surface area contributed by atoms with Gasteiger partial charge in [0.15, 0.2) is 0 Å². The van der Waals surface area contributed by atoms with Crippen molar-refractivity contribution in [2.24, 2.45) is 0 Å². The minimum Gasteiger partial charge on any atom is -0.350 e. The SMILES string of the molecule is CC(CNC(=O)c1cnc(-c2ccccc2F)s1)N(C)C1CC1. The molecule has 1 heterocycles. The number of carbonyl (C=O) groups is 1. The van der Waals surface area contributed by atoms with Gasteiger partial charge in [0, 0.05) is 24.2 Å². The Morgan fingerprint density at radius 1 is 1.48 bits per heavy atom. The average molecular weight is 333 g/mol. The molecule has 6 heteroatoms. The lowest BCUT2D eigenvalue weighted by Crippen LogP contribution is -2.41. The summed E-state index contributed by atoms with van der Waals surface area (Å²) in [6, 6.07) is 7.42. The molecule has 1 aromatic carbocycles. The summed E-state index contributed by atoms with van der Waals surface area (Å²) in [5.74, 6) is -0.477. The van der Waals surface area contributed by atoms with Gasteiger partial charge in [0.1, 0.15) is 15.7 Å². The van der Waals surface area contributed by atoms with Crippen molar-refractivity contribution in [3.05, 3.63) is 41.2 Å². The zero-order chi connectivity index (χ0) is 16.4. The number of rotatable bonds is 6. The molecule has 0 saturated heterocycles. The molecule has 1 amide bonds. The van der Waals surface area contributed by atoms with Crippen molar-refractivity contribution < 1.29 is 9.18 Å². The molecule has 4 nitrogen and oxygen atoms in total. The molecule has 2 aromatic rings. The molecule has 0 radical (unpaired) electrons. The summed E-state index contributed by atoms with van der Waals surface area (Å²) < 4.78 is 13.8. The summed E-state index contributed by atoms with van der Waals surface area (Å²) >= 11 is 1.21. The topological polar surface area (TPSA) is 45.2 Å². The second kappa shape index (κ2) is 6.76. The summed E-state index contributed by atoms with van der Waals surface area (Å²) in [5, 5.41) is 3.46. The van der Waals surface area contributed by atoms with Gasteiger partial charge in [-0.05, 0) is 38.9 Å². The standard InChI is InChI=1S/C17H20FN3OS/c1-11(21(2)12-7-8-12)9-19-16(22)15-10-20-17(23-15)13-5-3-4-6-14(13)18/h3-6,10-12H,7-9H2,1-2H3,(H,19,22). The van der Waals surface area contributed by atoms with Crippen LogP contribution in [-0.2, 0) is 0 Å². The maximum absolute atomic E-state index is 13.8. The molecule has 23 heavy (non-hydrogen) atoms. The molecule has 1 fully saturated rings. The monoisotopic (exact) mass is 333 g/mol. The Bertz CT molecular complexity index is 699. The number of halogens is 1. The number of nitrogens with one attached hydrogen (secondary N) is 1. The Kier molecular flexibility index (Phi) is 4.73. The van der Waals surface area contributed by atoms with Crippen LogP contribution in [0.15, 0.2) is 30.5 Å². The van der Waals surface area contributed by atoms with Crippen LogP contribution in [0, 0.1) is 5.82 Å². The molecule has 0 bridgehead atoms. The van der Waals surface area contributed by atoms with Crippen molar-refractivity contribution in [1.82, 2.24) is 15.2 Å². The number of hydrogen-bond donors (Lipinski definition) is 1. The highest BCUT2D eigenvalue weighted by Crippen LogP contribution is 2.28. The molecule has 1 N–H and O–H groups in total. The first-order valence-corrected chi connectivity index (χ1v) is 8.58. The number of nitrogens with zero attached hydrogens (tertiary/aromatic N) is 2. The number of likely N-dealkylation sites (N-methyl/N-ethyl adjacent to an activating group) is 1. The van der Waals surface area contributed by atoms with E-state index in [1.54, 1.807) is 18.2 Å². The number of amides is 1. The molecular formula is C17H20FN3OS. The van der Waals surface area contributed by atoms with Gasteiger partial charge in [-0.25, -0.2) is 9.37 Å². The maximum atomic E-state index is 13.8. The number of hydrogen-bond acceptors (Lipinski definition) is 4. The Labute approximate surface area is 139 Å². The van der Waals surface area contributed by atoms with E-state index in [1.807, 2.05) is 0 Å². The third kappa shape index (κ3) is 3.76. The smallest absolute Gasteiger partial charge is 0.263 e. The van der Waals surface area contributed by atoms with Gasteiger partial charge in [0.25, 0.3) is 5.91 Å². The molecule has 1 aromatic heterocycles. The highest BCUT2D eigenvalue weighted by atomic mass is 32.1. The Hall–Kier alpha value is -1.79. The van der Waals surface area contributed by atoms with Gasteiger partial charge < -0.3 is 5.32 Å². The first-order valence-electron chi connectivity index (χ1n) is 7.77. The van der Waals surface area contributed by atoms with Gasteiger partial charge >= 0.3 is 0 Å². The number of benzene rings is 1. The van der Waals surface area contributed by atoms with Crippen molar-refractivity contribution in [3.8, 4) is 10.6 Å². The van der Waals surface area contributed by atoms with Crippen LogP contribution in [-0.4, -0.2) is 41.5 Å². The minimum absolute atomic E-state index is 0.152. The first-order chi connectivity index (χ1) is 11.1. The Morgan fingerprint density at radius 2 is 2.22 bits per heavy atom. The summed E-state index contributed by atoms with van der Waals surface area (Å²) in [6.07, 6.45) is 4.00. The molecule has 1 atom stereocenters. The largest absolute Gasteiger partial charge is 0.350 e. The van der Waals surface area contributed by atoms with Gasteiger partial charge in [-0.3, -0.25) is 9.69 Å². The van der Waals surface area contributed by atoms with E-state index in [0.29, 0.717) is 34.1 Å². The second-order valence-electron chi connectivity index (χ2n) is 5.97. The molecule has 122 valence electrons. The predicted molar refractivity (Wildman–Crippen MR) is 90.1 cm³/mol. The summed E-state index contributed by atoms with van der Waals surface area (Å²) in [7, 11) is 2.09. The van der Waals surface area contributed by atoms with Gasteiger partial charge in [-0.2, -0.15) is 0 Å². The van der Waals surface area contributed by atoms with Crippen LogP contribution < -0.4 is 5.32 Å². The second-order valence-corrected chi connectivity index (χ2v) is 7.00. The van der Waals surface area contributed by atoms with Crippen LogP contribution in [0.2, 0.25) is 0 Å². The fourth-order valence-corrected chi connectivity index (χ4v) is 3.31. The molecule has 0 aliphatic heterocycles. The van der Waals surface area contributed by atoms with E-state index in [0.717, 1.165) is 0 Å². The third-order valence-corrected chi connectivity index (χ3v) is 5.24. The van der Waals surface area contributed by atoms with Crippen molar-refractivity contribution in [2.75, 3.05) is 13.6 Å². The highest BCUT2D eigenvalue weighted by Gasteiger charge is 2.29. The van der Waals surface area contributed by atoms with Crippen LogP contribution in [0.4, 0.5) is 4.39 Å². The van der Waals surface area contributed by atoms with Crippen LogP contribution in [0.5, 0.6) is 0 Å². The summed E-state index contributed by atoms with van der Waals surface area (Å²) in [5.41, 5.74) is 0.429. The van der Waals surface area contributed by atoms with Crippen molar-refractivity contribution in [2.45, 2.75) is 31.8 Å². The average Bonchev–Trinajstić information content (AvgIpc) is 3.29. The van der Waals surface area contributed by atoms with E-state index in [-0.39, 0.29) is 11.7 Å². The molecule has 1 aliphatic carbocycles. The summed E-state index contributed by atoms with van der Waals surface area (Å²) in [6.45, 7) is 2.70. The van der Waals surface area contributed by atoms with E-state index in [2.05, 4.69) is 29.2 Å². The molecule has 3 rings (SSSR count). The molecular weight excluding hydrogens is 313 g/mol. The van der Waals surface area contributed by atoms with Crippen molar-refractivity contribution in [1.29, 1.82) is 0 Å². The number of aromatic nitrogens is 1. The van der Waals surface area contributed by atoms with Crippen LogP contribution >= 0.6 is 11.3 Å².